The molecule has 1 aliphatic rings. The lowest BCUT2D eigenvalue weighted by atomic mass is 10.1. The second kappa shape index (κ2) is 10.7. The Hall–Kier alpha value is -3.82. The van der Waals surface area contributed by atoms with Crippen LogP contribution < -0.4 is 4.74 Å². The summed E-state index contributed by atoms with van der Waals surface area (Å²) in [7, 11) is -1.99. The van der Waals surface area contributed by atoms with Gasteiger partial charge in [0.15, 0.2) is 9.84 Å². The van der Waals surface area contributed by atoms with Crippen molar-refractivity contribution in [3.05, 3.63) is 95.8 Å². The van der Waals surface area contributed by atoms with Crippen molar-refractivity contribution in [2.24, 2.45) is 0 Å². The molecule has 37 heavy (non-hydrogen) atoms. The smallest absolute Gasteiger partial charge is 0.253 e. The highest BCUT2D eigenvalue weighted by Crippen LogP contribution is 2.24. The number of fused-ring (bicyclic) bond motifs is 1. The molecule has 5 rings (SSSR count). The van der Waals surface area contributed by atoms with Crippen molar-refractivity contribution in [3.63, 3.8) is 0 Å². The van der Waals surface area contributed by atoms with Crippen LogP contribution in [0.4, 0.5) is 0 Å². The van der Waals surface area contributed by atoms with Crippen LogP contribution in [0.25, 0.3) is 10.9 Å². The fourth-order valence-corrected chi connectivity index (χ4v) is 6.17. The number of piperazine rings is 1. The van der Waals surface area contributed by atoms with Gasteiger partial charge in [0.2, 0.25) is 5.88 Å². The number of sulfone groups is 1. The Labute approximate surface area is 216 Å². The second-order valence-corrected chi connectivity index (χ2v) is 11.0. The van der Waals surface area contributed by atoms with Crippen LogP contribution in [0, 0.1) is 0 Å². The van der Waals surface area contributed by atoms with Gasteiger partial charge in [0.25, 0.3) is 5.91 Å². The molecule has 0 spiro atoms. The third kappa shape index (κ3) is 5.47. The summed E-state index contributed by atoms with van der Waals surface area (Å²) in [5.74, 6) is 0.416. The van der Waals surface area contributed by atoms with Crippen LogP contribution >= 0.6 is 0 Å². The molecule has 4 aromatic rings. The van der Waals surface area contributed by atoms with Gasteiger partial charge in [0, 0.05) is 61.6 Å². The van der Waals surface area contributed by atoms with Crippen LogP contribution in [0.15, 0.2) is 84.0 Å². The van der Waals surface area contributed by atoms with Crippen molar-refractivity contribution in [1.29, 1.82) is 0 Å². The Balaban J connectivity index is 1.21. The summed E-state index contributed by atoms with van der Waals surface area (Å²) >= 11 is 0. The summed E-state index contributed by atoms with van der Waals surface area (Å²) in [5, 5.41) is 0.782. The topological polar surface area (TPSA) is 92.7 Å². The Bertz CT molecular complexity index is 1510. The second-order valence-electron chi connectivity index (χ2n) is 9.03. The molecule has 2 aromatic heterocycles. The molecule has 0 radical (unpaired) electrons. The molecular formula is C28H28N4O4S. The molecule has 9 heteroatoms. The SMILES string of the molecule is COc1ncccc1CN1CCN(C(=O)c2ccc(CS(=O)(=O)c3cccc4cccnc34)cc2)CC1. The quantitative estimate of drug-likeness (QED) is 0.371. The van der Waals surface area contributed by atoms with E-state index in [0.717, 1.165) is 24.0 Å². The molecule has 8 nitrogen and oxygen atoms in total. The van der Waals surface area contributed by atoms with Gasteiger partial charge in [-0.15, -0.1) is 0 Å². The standard InChI is InChI=1S/C28H28N4O4S/c1-36-27-24(7-4-14-30-27)19-31-15-17-32(18-16-31)28(33)23-11-9-21(10-12-23)20-37(34,35)25-8-2-5-22-6-3-13-29-26(22)25/h2-14H,15-20H2,1H3. The normalized spacial score (nSPS) is 14.6. The highest BCUT2D eigenvalue weighted by Gasteiger charge is 2.24. The summed E-state index contributed by atoms with van der Waals surface area (Å²) in [5.41, 5.74) is 2.67. The van der Waals surface area contributed by atoms with E-state index in [1.54, 1.807) is 62.0 Å². The van der Waals surface area contributed by atoms with Gasteiger partial charge in [0.1, 0.15) is 0 Å². The Kier molecular flexibility index (Phi) is 7.16. The van der Waals surface area contributed by atoms with Crippen LogP contribution in [0.1, 0.15) is 21.5 Å². The molecule has 1 fully saturated rings. The average Bonchev–Trinajstić information content (AvgIpc) is 2.93. The summed E-state index contributed by atoms with van der Waals surface area (Å²) < 4.78 is 31.6. The molecule has 1 saturated heterocycles. The van der Waals surface area contributed by atoms with Crippen LogP contribution in [-0.2, 0) is 22.1 Å². The van der Waals surface area contributed by atoms with Crippen molar-refractivity contribution < 1.29 is 17.9 Å². The van der Waals surface area contributed by atoms with Crippen LogP contribution in [-0.4, -0.2) is 67.4 Å². The highest BCUT2D eigenvalue weighted by molar-refractivity contribution is 7.90. The number of carbonyl (C=O) groups is 1. The summed E-state index contributed by atoms with van der Waals surface area (Å²) in [6.07, 6.45) is 3.30. The number of para-hydroxylation sites is 1. The third-order valence-electron chi connectivity index (χ3n) is 6.59. The minimum absolute atomic E-state index is 0.0498. The lowest BCUT2D eigenvalue weighted by molar-refractivity contribution is 0.0627. The minimum atomic E-state index is -3.61. The van der Waals surface area contributed by atoms with E-state index >= 15 is 0 Å². The van der Waals surface area contributed by atoms with E-state index < -0.39 is 9.84 Å². The van der Waals surface area contributed by atoms with Gasteiger partial charge in [-0.25, -0.2) is 13.4 Å². The first kappa shape index (κ1) is 24.9. The first-order valence-electron chi connectivity index (χ1n) is 12.1. The number of pyridine rings is 2. The van der Waals surface area contributed by atoms with Gasteiger partial charge in [-0.1, -0.05) is 36.4 Å². The molecule has 0 bridgehead atoms. The Morgan fingerprint density at radius 3 is 2.35 bits per heavy atom. The summed E-state index contributed by atoms with van der Waals surface area (Å²) in [6, 6.07) is 19.5. The Morgan fingerprint density at radius 1 is 0.892 bits per heavy atom. The van der Waals surface area contributed by atoms with Crippen molar-refractivity contribution >= 4 is 26.6 Å². The molecule has 190 valence electrons. The molecule has 3 heterocycles. The van der Waals surface area contributed by atoms with E-state index in [0.29, 0.717) is 42.2 Å². The lowest BCUT2D eigenvalue weighted by Gasteiger charge is -2.35. The number of aromatic nitrogens is 2. The number of hydrogen-bond donors (Lipinski definition) is 0. The maximum Gasteiger partial charge on any atom is 0.253 e. The molecule has 0 saturated carbocycles. The number of benzene rings is 2. The Morgan fingerprint density at radius 2 is 1.59 bits per heavy atom. The monoisotopic (exact) mass is 516 g/mol. The predicted octanol–water partition coefficient (Wildman–Crippen LogP) is 3.57. The number of nitrogens with zero attached hydrogens (tertiary/aromatic N) is 4. The van der Waals surface area contributed by atoms with E-state index in [9.17, 15) is 13.2 Å². The summed E-state index contributed by atoms with van der Waals surface area (Å²) in [4.78, 5) is 25.9. The zero-order valence-electron chi connectivity index (χ0n) is 20.6. The van der Waals surface area contributed by atoms with Crippen LogP contribution in [0.3, 0.4) is 0 Å². The van der Waals surface area contributed by atoms with Gasteiger partial charge >= 0.3 is 0 Å². The van der Waals surface area contributed by atoms with E-state index in [-0.39, 0.29) is 16.6 Å². The van der Waals surface area contributed by atoms with Crippen molar-refractivity contribution in [3.8, 4) is 5.88 Å². The number of hydrogen-bond acceptors (Lipinski definition) is 7. The van der Waals surface area contributed by atoms with Crippen molar-refractivity contribution in [2.45, 2.75) is 17.2 Å². The van der Waals surface area contributed by atoms with E-state index in [1.165, 1.54) is 0 Å². The van der Waals surface area contributed by atoms with Gasteiger partial charge in [-0.3, -0.25) is 14.7 Å². The maximum absolute atomic E-state index is 13.2. The minimum Gasteiger partial charge on any atom is -0.481 e. The number of methoxy groups -OCH3 is 1. The molecule has 1 aliphatic heterocycles. The largest absolute Gasteiger partial charge is 0.481 e. The molecule has 1 amide bonds. The van der Waals surface area contributed by atoms with Gasteiger partial charge in [-0.2, -0.15) is 0 Å². The van der Waals surface area contributed by atoms with Crippen molar-refractivity contribution in [1.82, 2.24) is 19.8 Å². The molecule has 0 N–H and O–H groups in total. The van der Waals surface area contributed by atoms with Crippen LogP contribution in [0.2, 0.25) is 0 Å². The fourth-order valence-electron chi connectivity index (χ4n) is 4.63. The molecular weight excluding hydrogens is 488 g/mol. The molecule has 2 aromatic carbocycles. The van der Waals surface area contributed by atoms with E-state index in [4.69, 9.17) is 4.74 Å². The average molecular weight is 517 g/mol. The van der Waals surface area contributed by atoms with Gasteiger partial charge < -0.3 is 9.64 Å². The highest BCUT2D eigenvalue weighted by atomic mass is 32.2. The lowest BCUT2D eigenvalue weighted by Crippen LogP contribution is -2.48. The first-order chi connectivity index (χ1) is 17.9. The number of carbonyl (C=O) groups excluding carboxylic acids is 1. The molecule has 0 aliphatic carbocycles. The van der Waals surface area contributed by atoms with E-state index in [1.807, 2.05) is 29.2 Å². The number of ether oxygens (including phenoxy) is 1. The fraction of sp³-hybridized carbons (Fsp3) is 0.250. The zero-order chi connectivity index (χ0) is 25.8. The summed E-state index contributed by atoms with van der Waals surface area (Å²) in [6.45, 7) is 3.45. The van der Waals surface area contributed by atoms with Crippen molar-refractivity contribution in [2.75, 3.05) is 33.3 Å². The van der Waals surface area contributed by atoms with E-state index in [2.05, 4.69) is 14.9 Å². The maximum atomic E-state index is 13.2. The zero-order valence-corrected chi connectivity index (χ0v) is 21.4. The number of amides is 1. The number of rotatable bonds is 7. The molecule has 0 atom stereocenters. The van der Waals surface area contributed by atoms with Gasteiger partial charge in [-0.05, 0) is 35.9 Å². The first-order valence-corrected chi connectivity index (χ1v) is 13.7. The van der Waals surface area contributed by atoms with Gasteiger partial charge in [0.05, 0.1) is 23.3 Å². The van der Waals surface area contributed by atoms with Crippen LogP contribution in [0.5, 0.6) is 5.88 Å². The molecule has 0 unspecified atom stereocenters. The predicted molar refractivity (Wildman–Crippen MR) is 141 cm³/mol. The third-order valence-corrected chi connectivity index (χ3v) is 8.30.